The van der Waals surface area contributed by atoms with E-state index in [1.807, 2.05) is 18.2 Å². The van der Waals surface area contributed by atoms with Crippen molar-refractivity contribution in [3.63, 3.8) is 0 Å². The second kappa shape index (κ2) is 6.97. The van der Waals surface area contributed by atoms with Crippen LogP contribution in [0.3, 0.4) is 0 Å². The Labute approximate surface area is 131 Å². The van der Waals surface area contributed by atoms with Crippen LogP contribution in [0.5, 0.6) is 0 Å². The Balaban J connectivity index is 1.52. The van der Waals surface area contributed by atoms with E-state index < -0.39 is 0 Å². The third-order valence-corrected chi connectivity index (χ3v) is 4.90. The molecule has 5 heteroatoms. The van der Waals surface area contributed by atoms with E-state index in [4.69, 9.17) is 11.6 Å². The Hall–Kier alpha value is -0.810. The highest BCUT2D eigenvalue weighted by atomic mass is 35.5. The Morgan fingerprint density at radius 2 is 1.95 bits per heavy atom. The summed E-state index contributed by atoms with van der Waals surface area (Å²) in [5.41, 5.74) is 1.14. The van der Waals surface area contributed by atoms with E-state index in [9.17, 15) is 5.11 Å². The highest BCUT2D eigenvalue weighted by Gasteiger charge is 2.27. The van der Waals surface area contributed by atoms with E-state index in [2.05, 4.69) is 21.6 Å². The first-order chi connectivity index (χ1) is 10.2. The third-order valence-electron chi connectivity index (χ3n) is 4.58. The molecule has 116 valence electrons. The van der Waals surface area contributed by atoms with E-state index >= 15 is 0 Å². The maximum Gasteiger partial charge on any atom is 0.0717 e. The van der Waals surface area contributed by atoms with Crippen molar-refractivity contribution < 1.29 is 5.11 Å². The summed E-state index contributed by atoms with van der Waals surface area (Å²) < 4.78 is 0. The lowest BCUT2D eigenvalue weighted by molar-refractivity contribution is 0.0909. The Morgan fingerprint density at radius 1 is 1.19 bits per heavy atom. The molecule has 2 saturated heterocycles. The molecule has 2 aliphatic heterocycles. The predicted octanol–water partition coefficient (Wildman–Crippen LogP) is 1.62. The lowest BCUT2D eigenvalue weighted by Gasteiger charge is -2.38. The molecule has 21 heavy (non-hydrogen) atoms. The fourth-order valence-electron chi connectivity index (χ4n) is 3.31. The van der Waals surface area contributed by atoms with Gasteiger partial charge in [-0.05, 0) is 37.9 Å². The zero-order valence-electron chi connectivity index (χ0n) is 12.3. The summed E-state index contributed by atoms with van der Waals surface area (Å²) in [4.78, 5) is 2.36. The smallest absolute Gasteiger partial charge is 0.0717 e. The van der Waals surface area contributed by atoms with Gasteiger partial charge in [0.05, 0.1) is 16.8 Å². The number of nitrogens with zero attached hydrogens (tertiary/aromatic N) is 1. The number of anilines is 1. The van der Waals surface area contributed by atoms with Crippen molar-refractivity contribution in [3.05, 3.63) is 29.3 Å². The molecule has 0 aliphatic carbocycles. The van der Waals surface area contributed by atoms with Gasteiger partial charge in [-0.2, -0.15) is 0 Å². The molecule has 3 N–H and O–H groups in total. The average molecular weight is 310 g/mol. The van der Waals surface area contributed by atoms with Crippen LogP contribution in [0.1, 0.15) is 19.3 Å². The van der Waals surface area contributed by atoms with Gasteiger partial charge in [0.15, 0.2) is 0 Å². The van der Waals surface area contributed by atoms with Crippen LogP contribution in [0.15, 0.2) is 24.3 Å². The number of piperidine rings is 2. The minimum atomic E-state index is -0.215. The predicted molar refractivity (Wildman–Crippen MR) is 87.1 cm³/mol. The molecule has 2 fully saturated rings. The standard InChI is InChI=1S/C16H24ClN3O/c17-13-3-1-2-4-15(13)20-9-6-12(7-10-20)19-14-11-18-8-5-16(14)21/h1-4,12,14,16,18-19,21H,5-11H2/t14-,16+/m0/s1. The molecular formula is C16H24ClN3O. The first-order valence-corrected chi connectivity index (χ1v) is 8.26. The molecule has 2 aliphatic rings. The van der Waals surface area contributed by atoms with Gasteiger partial charge in [-0.3, -0.25) is 0 Å². The summed E-state index contributed by atoms with van der Waals surface area (Å²) >= 11 is 6.27. The van der Waals surface area contributed by atoms with Crippen LogP contribution in [0, 0.1) is 0 Å². The largest absolute Gasteiger partial charge is 0.391 e. The normalized spacial score (nSPS) is 27.8. The molecule has 3 rings (SSSR count). The first-order valence-electron chi connectivity index (χ1n) is 7.88. The quantitative estimate of drug-likeness (QED) is 0.794. The number of benzene rings is 1. The number of para-hydroxylation sites is 1. The minimum absolute atomic E-state index is 0.190. The molecule has 0 bridgehead atoms. The van der Waals surface area contributed by atoms with E-state index in [1.54, 1.807) is 0 Å². The Kier molecular flexibility index (Phi) is 5.01. The zero-order valence-corrected chi connectivity index (χ0v) is 13.0. The maximum atomic E-state index is 10.0. The van der Waals surface area contributed by atoms with Crippen molar-refractivity contribution in [1.82, 2.24) is 10.6 Å². The number of hydrogen-bond acceptors (Lipinski definition) is 4. The molecule has 4 nitrogen and oxygen atoms in total. The van der Waals surface area contributed by atoms with Gasteiger partial charge in [0.2, 0.25) is 0 Å². The summed E-state index contributed by atoms with van der Waals surface area (Å²) in [7, 11) is 0. The van der Waals surface area contributed by atoms with Crippen molar-refractivity contribution in [2.24, 2.45) is 0 Å². The van der Waals surface area contributed by atoms with Gasteiger partial charge < -0.3 is 20.6 Å². The van der Waals surface area contributed by atoms with Gasteiger partial charge in [-0.1, -0.05) is 23.7 Å². The van der Waals surface area contributed by atoms with Crippen LogP contribution in [0.4, 0.5) is 5.69 Å². The molecule has 0 aromatic heterocycles. The van der Waals surface area contributed by atoms with Gasteiger partial charge in [-0.15, -0.1) is 0 Å². The Morgan fingerprint density at radius 3 is 2.67 bits per heavy atom. The zero-order chi connectivity index (χ0) is 14.7. The van der Waals surface area contributed by atoms with E-state index in [-0.39, 0.29) is 12.1 Å². The topological polar surface area (TPSA) is 47.5 Å². The highest BCUT2D eigenvalue weighted by Crippen LogP contribution is 2.27. The third kappa shape index (κ3) is 3.69. The second-order valence-electron chi connectivity index (χ2n) is 6.05. The van der Waals surface area contributed by atoms with Crippen molar-refractivity contribution >= 4 is 17.3 Å². The monoisotopic (exact) mass is 309 g/mol. The fourth-order valence-corrected chi connectivity index (χ4v) is 3.57. The van der Waals surface area contributed by atoms with Gasteiger partial charge >= 0.3 is 0 Å². The van der Waals surface area contributed by atoms with Crippen LogP contribution in [-0.4, -0.2) is 49.5 Å². The summed E-state index contributed by atoms with van der Waals surface area (Å²) in [6.45, 7) is 3.81. The summed E-state index contributed by atoms with van der Waals surface area (Å²) in [5, 5.41) is 17.8. The molecular weight excluding hydrogens is 286 g/mol. The molecule has 0 amide bonds. The van der Waals surface area contributed by atoms with Crippen molar-refractivity contribution in [1.29, 1.82) is 0 Å². The van der Waals surface area contributed by atoms with Gasteiger partial charge in [0.1, 0.15) is 0 Å². The molecule has 1 aromatic carbocycles. The molecule has 0 radical (unpaired) electrons. The molecule has 0 unspecified atom stereocenters. The molecule has 2 heterocycles. The number of rotatable bonds is 3. The number of nitrogens with one attached hydrogen (secondary N) is 2. The molecule has 1 aromatic rings. The van der Waals surface area contributed by atoms with Crippen LogP contribution in [0.2, 0.25) is 5.02 Å². The molecule has 0 spiro atoms. The number of halogens is 1. The van der Waals surface area contributed by atoms with Crippen LogP contribution >= 0.6 is 11.6 Å². The maximum absolute atomic E-state index is 10.0. The summed E-state index contributed by atoms with van der Waals surface area (Å²) in [5.74, 6) is 0. The minimum Gasteiger partial charge on any atom is -0.391 e. The Bertz CT molecular complexity index is 463. The number of aliphatic hydroxyl groups excluding tert-OH is 1. The number of aliphatic hydroxyl groups is 1. The van der Waals surface area contributed by atoms with Crippen molar-refractivity contribution in [2.75, 3.05) is 31.1 Å². The number of hydrogen-bond donors (Lipinski definition) is 3. The van der Waals surface area contributed by atoms with Crippen LogP contribution in [0.25, 0.3) is 0 Å². The first kappa shape index (κ1) is 15.1. The van der Waals surface area contributed by atoms with E-state index in [0.29, 0.717) is 6.04 Å². The van der Waals surface area contributed by atoms with Gasteiger partial charge in [-0.25, -0.2) is 0 Å². The lowest BCUT2D eigenvalue weighted by atomic mass is 9.99. The summed E-state index contributed by atoms with van der Waals surface area (Å²) in [6.07, 6.45) is 2.81. The van der Waals surface area contributed by atoms with Crippen LogP contribution < -0.4 is 15.5 Å². The average Bonchev–Trinajstić information content (AvgIpc) is 2.51. The van der Waals surface area contributed by atoms with Crippen molar-refractivity contribution in [2.45, 2.75) is 37.5 Å². The van der Waals surface area contributed by atoms with Gasteiger partial charge in [0.25, 0.3) is 0 Å². The highest BCUT2D eigenvalue weighted by molar-refractivity contribution is 6.33. The van der Waals surface area contributed by atoms with Gasteiger partial charge in [0, 0.05) is 31.7 Å². The van der Waals surface area contributed by atoms with E-state index in [1.165, 1.54) is 0 Å². The van der Waals surface area contributed by atoms with Crippen LogP contribution in [-0.2, 0) is 0 Å². The molecule has 2 atom stereocenters. The van der Waals surface area contributed by atoms with E-state index in [0.717, 1.165) is 56.2 Å². The van der Waals surface area contributed by atoms with Crippen molar-refractivity contribution in [3.8, 4) is 0 Å². The SMILES string of the molecule is O[C@@H]1CCNC[C@@H]1NC1CCN(c2ccccc2Cl)CC1. The second-order valence-corrected chi connectivity index (χ2v) is 6.45. The molecule has 0 saturated carbocycles. The fraction of sp³-hybridized carbons (Fsp3) is 0.625. The lowest BCUT2D eigenvalue weighted by Crippen LogP contribution is -2.56. The summed E-state index contributed by atoms with van der Waals surface area (Å²) in [6, 6.07) is 8.72.